The summed E-state index contributed by atoms with van der Waals surface area (Å²) in [7, 11) is 0. The van der Waals surface area contributed by atoms with E-state index in [0.29, 0.717) is 6.42 Å². The average molecular weight is 273 g/mol. The van der Waals surface area contributed by atoms with Crippen LogP contribution in [0.2, 0.25) is 0 Å². The lowest BCUT2D eigenvalue weighted by Crippen LogP contribution is -2.43. The lowest BCUT2D eigenvalue weighted by atomic mass is 10.1. The molecule has 1 atom stereocenters. The van der Waals surface area contributed by atoms with Crippen molar-refractivity contribution in [1.82, 2.24) is 5.32 Å². The number of hydrogen-bond donors (Lipinski definition) is 1. The summed E-state index contributed by atoms with van der Waals surface area (Å²) in [5, 5.41) is 3.11. The Kier molecular flexibility index (Phi) is 8.39. The van der Waals surface area contributed by atoms with E-state index < -0.39 is 6.04 Å². The number of nitrogens with one attached hydrogen (secondary N) is 1. The molecule has 0 aromatic rings. The molecule has 0 aromatic heterocycles. The van der Waals surface area contributed by atoms with Crippen LogP contribution < -0.4 is 5.32 Å². The van der Waals surface area contributed by atoms with Gasteiger partial charge in [0, 0.05) is 12.5 Å². The van der Waals surface area contributed by atoms with Crippen LogP contribution in [0.25, 0.3) is 0 Å². The van der Waals surface area contributed by atoms with Gasteiger partial charge in [-0.3, -0.25) is 9.59 Å². The van der Waals surface area contributed by atoms with Gasteiger partial charge in [-0.15, -0.1) is 0 Å². The Balaban J connectivity index is 4.35. The molecule has 0 rings (SSSR count). The first-order valence-electron chi connectivity index (χ1n) is 6.88. The molecule has 0 spiro atoms. The molecule has 0 aliphatic rings. The van der Waals surface area contributed by atoms with Crippen LogP contribution >= 0.6 is 0 Å². The molecule has 0 aliphatic carbocycles. The summed E-state index contributed by atoms with van der Waals surface area (Å²) >= 11 is 0. The molecule has 0 fully saturated rings. The number of carbonyl (C=O) groups is 2. The van der Waals surface area contributed by atoms with E-state index in [0.717, 1.165) is 0 Å². The van der Waals surface area contributed by atoms with Crippen molar-refractivity contribution in [2.45, 2.75) is 78.7 Å². The van der Waals surface area contributed by atoms with Crippen molar-refractivity contribution in [2.75, 3.05) is 0 Å². The quantitative estimate of drug-likeness (QED) is 0.686. The Morgan fingerprint density at radius 2 is 1.47 bits per heavy atom. The third kappa shape index (κ3) is 9.47. The van der Waals surface area contributed by atoms with Crippen LogP contribution in [0.1, 0.15) is 54.4 Å². The number of ether oxygens (including phenoxy) is 2. The Morgan fingerprint density at radius 1 is 0.947 bits per heavy atom. The van der Waals surface area contributed by atoms with Gasteiger partial charge in [0.2, 0.25) is 0 Å². The zero-order valence-electron chi connectivity index (χ0n) is 12.9. The summed E-state index contributed by atoms with van der Waals surface area (Å²) in [5.41, 5.74) is 0. The van der Waals surface area contributed by atoms with E-state index in [1.165, 1.54) is 0 Å². The van der Waals surface area contributed by atoms with E-state index in [-0.39, 0.29) is 36.6 Å². The lowest BCUT2D eigenvalue weighted by Gasteiger charge is -2.21. The fraction of sp³-hybridized carbons (Fsp3) is 0.857. The highest BCUT2D eigenvalue weighted by molar-refractivity contribution is 5.77. The molecular formula is C14H27NO4. The van der Waals surface area contributed by atoms with Gasteiger partial charge in [0.1, 0.15) is 6.04 Å². The topological polar surface area (TPSA) is 64.6 Å². The predicted octanol–water partition coefficient (Wildman–Crippen LogP) is 2.04. The Labute approximate surface area is 116 Å². The summed E-state index contributed by atoms with van der Waals surface area (Å²) in [6.45, 7) is 11.1. The van der Waals surface area contributed by atoms with Crippen LogP contribution in [0.5, 0.6) is 0 Å². The van der Waals surface area contributed by atoms with Crippen LogP contribution in [0.15, 0.2) is 0 Å². The molecule has 0 amide bonds. The molecular weight excluding hydrogens is 246 g/mol. The molecule has 112 valence electrons. The van der Waals surface area contributed by atoms with Crippen LogP contribution in [0, 0.1) is 0 Å². The van der Waals surface area contributed by atoms with E-state index in [2.05, 4.69) is 5.32 Å². The molecule has 1 N–H and O–H groups in total. The van der Waals surface area contributed by atoms with Crippen molar-refractivity contribution in [3.8, 4) is 0 Å². The van der Waals surface area contributed by atoms with E-state index in [1.54, 1.807) is 27.7 Å². The van der Waals surface area contributed by atoms with Crippen molar-refractivity contribution in [3.63, 3.8) is 0 Å². The zero-order valence-corrected chi connectivity index (χ0v) is 12.9. The molecule has 0 bridgehead atoms. The Hall–Kier alpha value is -1.10. The van der Waals surface area contributed by atoms with E-state index >= 15 is 0 Å². The summed E-state index contributed by atoms with van der Waals surface area (Å²) in [6.07, 6.45) is 0.295. The molecule has 0 saturated heterocycles. The third-order valence-corrected chi connectivity index (χ3v) is 2.18. The monoisotopic (exact) mass is 273 g/mol. The van der Waals surface area contributed by atoms with Crippen LogP contribution in [-0.4, -0.2) is 36.2 Å². The number of esters is 2. The summed E-state index contributed by atoms with van der Waals surface area (Å²) in [4.78, 5) is 23.4. The number of hydrogen-bond acceptors (Lipinski definition) is 5. The smallest absolute Gasteiger partial charge is 0.323 e. The summed E-state index contributed by atoms with van der Waals surface area (Å²) in [6, 6.07) is -0.326. The molecule has 5 heteroatoms. The SMILES string of the molecule is CC(C)NC(CCC(=O)OC(C)C)C(=O)OC(C)C. The first-order chi connectivity index (χ1) is 8.72. The standard InChI is InChI=1S/C14H27NO4/c1-9(2)15-12(14(17)19-11(5)6)7-8-13(16)18-10(3)4/h9-12,15H,7-8H2,1-6H3. The van der Waals surface area contributed by atoms with E-state index in [1.807, 2.05) is 13.8 Å². The number of rotatable bonds is 8. The van der Waals surface area contributed by atoms with Crippen molar-refractivity contribution >= 4 is 11.9 Å². The van der Waals surface area contributed by atoms with Gasteiger partial charge < -0.3 is 14.8 Å². The first-order valence-corrected chi connectivity index (χ1v) is 6.88. The second-order valence-electron chi connectivity index (χ2n) is 5.44. The van der Waals surface area contributed by atoms with Gasteiger partial charge in [0.15, 0.2) is 0 Å². The maximum absolute atomic E-state index is 11.9. The van der Waals surface area contributed by atoms with Gasteiger partial charge in [0.25, 0.3) is 0 Å². The molecule has 0 aliphatic heterocycles. The highest BCUT2D eigenvalue weighted by atomic mass is 16.5. The molecule has 0 aromatic carbocycles. The Morgan fingerprint density at radius 3 is 1.89 bits per heavy atom. The van der Waals surface area contributed by atoms with Crippen molar-refractivity contribution in [3.05, 3.63) is 0 Å². The third-order valence-electron chi connectivity index (χ3n) is 2.18. The van der Waals surface area contributed by atoms with Crippen LogP contribution in [0.4, 0.5) is 0 Å². The molecule has 0 radical (unpaired) electrons. The molecule has 5 nitrogen and oxygen atoms in total. The zero-order chi connectivity index (χ0) is 15.0. The minimum absolute atomic E-state index is 0.133. The van der Waals surface area contributed by atoms with E-state index in [9.17, 15) is 9.59 Å². The largest absolute Gasteiger partial charge is 0.463 e. The van der Waals surface area contributed by atoms with Gasteiger partial charge >= 0.3 is 11.9 Å². The lowest BCUT2D eigenvalue weighted by molar-refractivity contribution is -0.151. The van der Waals surface area contributed by atoms with Crippen molar-refractivity contribution in [2.24, 2.45) is 0 Å². The first kappa shape index (κ1) is 17.9. The fourth-order valence-electron chi connectivity index (χ4n) is 1.57. The molecule has 19 heavy (non-hydrogen) atoms. The fourth-order valence-corrected chi connectivity index (χ4v) is 1.57. The molecule has 1 unspecified atom stereocenters. The summed E-state index contributed by atoms with van der Waals surface area (Å²) in [5.74, 6) is -0.607. The minimum atomic E-state index is -0.470. The second-order valence-corrected chi connectivity index (χ2v) is 5.44. The van der Waals surface area contributed by atoms with Gasteiger partial charge in [-0.2, -0.15) is 0 Å². The molecule has 0 saturated carbocycles. The normalized spacial score (nSPS) is 12.9. The van der Waals surface area contributed by atoms with Crippen molar-refractivity contribution < 1.29 is 19.1 Å². The predicted molar refractivity (Wildman–Crippen MR) is 73.7 cm³/mol. The van der Waals surface area contributed by atoms with Crippen molar-refractivity contribution in [1.29, 1.82) is 0 Å². The maximum atomic E-state index is 11.9. The molecule has 0 heterocycles. The number of carbonyl (C=O) groups excluding carboxylic acids is 2. The van der Waals surface area contributed by atoms with Crippen LogP contribution in [0.3, 0.4) is 0 Å². The maximum Gasteiger partial charge on any atom is 0.323 e. The van der Waals surface area contributed by atoms with E-state index in [4.69, 9.17) is 9.47 Å². The van der Waals surface area contributed by atoms with Gasteiger partial charge in [-0.25, -0.2) is 0 Å². The Bertz CT molecular complexity index is 287. The van der Waals surface area contributed by atoms with Gasteiger partial charge in [0.05, 0.1) is 12.2 Å². The van der Waals surface area contributed by atoms with Gasteiger partial charge in [-0.1, -0.05) is 13.8 Å². The minimum Gasteiger partial charge on any atom is -0.463 e. The second kappa shape index (κ2) is 8.91. The highest BCUT2D eigenvalue weighted by Crippen LogP contribution is 2.06. The highest BCUT2D eigenvalue weighted by Gasteiger charge is 2.23. The summed E-state index contributed by atoms with van der Waals surface area (Å²) < 4.78 is 10.2. The van der Waals surface area contributed by atoms with Crippen LogP contribution in [-0.2, 0) is 19.1 Å². The average Bonchev–Trinajstić information content (AvgIpc) is 2.21. The van der Waals surface area contributed by atoms with Gasteiger partial charge in [-0.05, 0) is 34.1 Å².